The fourth-order valence-electron chi connectivity index (χ4n) is 3.29. The summed E-state index contributed by atoms with van der Waals surface area (Å²) >= 11 is 0. The maximum Gasteiger partial charge on any atom is 0.251 e. The average Bonchev–Trinajstić information content (AvgIpc) is 2.77. The van der Waals surface area contributed by atoms with E-state index in [-0.39, 0.29) is 17.6 Å². The van der Waals surface area contributed by atoms with Crippen molar-refractivity contribution in [1.82, 2.24) is 20.3 Å². The highest BCUT2D eigenvalue weighted by Crippen LogP contribution is 2.21. The van der Waals surface area contributed by atoms with Gasteiger partial charge >= 0.3 is 0 Å². The lowest BCUT2D eigenvalue weighted by Gasteiger charge is -2.14. The second-order valence-electron chi connectivity index (χ2n) is 7.32. The molecular formula is C24H27FN4O2. The van der Waals surface area contributed by atoms with Crippen LogP contribution in [0, 0.1) is 5.82 Å². The van der Waals surface area contributed by atoms with Crippen LogP contribution in [0.3, 0.4) is 0 Å². The van der Waals surface area contributed by atoms with E-state index >= 15 is 0 Å². The van der Waals surface area contributed by atoms with Crippen LogP contribution in [-0.2, 0) is 17.6 Å². The van der Waals surface area contributed by atoms with Gasteiger partial charge in [0, 0.05) is 55.1 Å². The van der Waals surface area contributed by atoms with Crippen molar-refractivity contribution in [2.75, 3.05) is 19.8 Å². The summed E-state index contributed by atoms with van der Waals surface area (Å²) < 4.78 is 18.5. The van der Waals surface area contributed by atoms with Gasteiger partial charge in [0.05, 0.1) is 12.3 Å². The second-order valence-corrected chi connectivity index (χ2v) is 7.32. The molecule has 3 aromatic rings. The molecule has 0 radical (unpaired) electrons. The minimum absolute atomic E-state index is 0.119. The number of hydrogen-bond donors (Lipinski definition) is 1. The highest BCUT2D eigenvalue weighted by molar-refractivity contribution is 5.94. The fourth-order valence-corrected chi connectivity index (χ4v) is 3.29. The third kappa shape index (κ3) is 6.93. The zero-order chi connectivity index (χ0) is 22.1. The topological polar surface area (TPSA) is 77.0 Å². The molecule has 0 saturated carbocycles. The van der Waals surface area contributed by atoms with E-state index in [4.69, 9.17) is 9.72 Å². The fraction of sp³-hybridized carbons (Fsp3) is 0.333. The molecule has 1 amide bonds. The van der Waals surface area contributed by atoms with Gasteiger partial charge in [0.1, 0.15) is 5.82 Å². The smallest absolute Gasteiger partial charge is 0.251 e. The van der Waals surface area contributed by atoms with Crippen molar-refractivity contribution >= 4 is 5.91 Å². The second kappa shape index (κ2) is 11.3. The number of rotatable bonds is 10. The molecule has 0 unspecified atom stereocenters. The van der Waals surface area contributed by atoms with Crippen molar-refractivity contribution in [2.24, 2.45) is 0 Å². The van der Waals surface area contributed by atoms with Crippen molar-refractivity contribution in [1.29, 1.82) is 0 Å². The van der Waals surface area contributed by atoms with Crippen LogP contribution in [0.25, 0.3) is 0 Å². The Labute approximate surface area is 181 Å². The van der Waals surface area contributed by atoms with Gasteiger partial charge in [-0.25, -0.2) is 4.39 Å². The molecule has 2 aromatic heterocycles. The van der Waals surface area contributed by atoms with Gasteiger partial charge in [-0.1, -0.05) is 19.1 Å². The van der Waals surface area contributed by atoms with E-state index in [1.807, 2.05) is 13.0 Å². The number of benzene rings is 1. The lowest BCUT2D eigenvalue weighted by Crippen LogP contribution is -2.27. The van der Waals surface area contributed by atoms with Crippen LogP contribution < -0.4 is 5.32 Å². The molecule has 3 rings (SSSR count). The number of nitrogens with zero attached hydrogens (tertiary/aromatic N) is 3. The molecule has 0 aliphatic carbocycles. The third-order valence-electron chi connectivity index (χ3n) is 4.86. The van der Waals surface area contributed by atoms with Crippen LogP contribution in [0.15, 0.2) is 55.0 Å². The van der Waals surface area contributed by atoms with Crippen molar-refractivity contribution in [3.8, 4) is 0 Å². The SMILES string of the molecule is CCOCCNC(=O)c1cc(Cc2cnccn2)nc(C[C@@H](C)c2ccc(F)cc2)c1. The summed E-state index contributed by atoms with van der Waals surface area (Å²) in [5.74, 6) is -0.307. The van der Waals surface area contributed by atoms with Gasteiger partial charge in [0.15, 0.2) is 0 Å². The molecule has 7 heteroatoms. The lowest BCUT2D eigenvalue weighted by atomic mass is 9.95. The summed E-state index contributed by atoms with van der Waals surface area (Å²) in [6, 6.07) is 10.1. The van der Waals surface area contributed by atoms with Crippen LogP contribution in [0.2, 0.25) is 0 Å². The third-order valence-corrected chi connectivity index (χ3v) is 4.86. The Kier molecular flexibility index (Phi) is 8.18. The van der Waals surface area contributed by atoms with E-state index in [2.05, 4.69) is 22.2 Å². The van der Waals surface area contributed by atoms with Gasteiger partial charge in [-0.15, -0.1) is 0 Å². The summed E-state index contributed by atoms with van der Waals surface area (Å²) in [6.45, 7) is 5.49. The quantitative estimate of drug-likeness (QED) is 0.504. The van der Waals surface area contributed by atoms with E-state index in [0.29, 0.717) is 38.2 Å². The summed E-state index contributed by atoms with van der Waals surface area (Å²) in [5.41, 5.74) is 3.89. The molecule has 1 aromatic carbocycles. The lowest BCUT2D eigenvalue weighted by molar-refractivity contribution is 0.0922. The minimum atomic E-state index is -0.258. The molecule has 1 N–H and O–H groups in total. The molecular weight excluding hydrogens is 395 g/mol. The predicted molar refractivity (Wildman–Crippen MR) is 116 cm³/mol. The number of amides is 1. The average molecular weight is 423 g/mol. The Balaban J connectivity index is 1.81. The number of pyridine rings is 1. The van der Waals surface area contributed by atoms with E-state index in [9.17, 15) is 9.18 Å². The molecule has 0 aliphatic rings. The molecule has 1 atom stereocenters. The van der Waals surface area contributed by atoms with E-state index in [1.54, 1.807) is 36.8 Å². The molecule has 6 nitrogen and oxygen atoms in total. The Bertz CT molecular complexity index is 981. The van der Waals surface area contributed by atoms with Crippen LogP contribution in [-0.4, -0.2) is 40.6 Å². The summed E-state index contributed by atoms with van der Waals surface area (Å²) in [5, 5.41) is 2.88. The van der Waals surface area contributed by atoms with Gasteiger partial charge in [-0.2, -0.15) is 0 Å². The first kappa shape index (κ1) is 22.5. The monoisotopic (exact) mass is 422 g/mol. The standard InChI is InChI=1S/C24H27FN4O2/c1-3-31-11-10-28-24(30)19-13-21(12-17(2)18-4-6-20(25)7-5-18)29-22(14-19)15-23-16-26-8-9-27-23/h4-9,13-14,16-17H,3,10-12,15H2,1-2H3,(H,28,30)/t17-/m1/s1. The van der Waals surface area contributed by atoms with Crippen LogP contribution >= 0.6 is 0 Å². The summed E-state index contributed by atoms with van der Waals surface area (Å²) in [7, 11) is 0. The molecule has 31 heavy (non-hydrogen) atoms. The van der Waals surface area contributed by atoms with Crippen molar-refractivity contribution in [3.05, 3.63) is 89.0 Å². The molecule has 162 valence electrons. The van der Waals surface area contributed by atoms with Crippen molar-refractivity contribution in [2.45, 2.75) is 32.6 Å². The van der Waals surface area contributed by atoms with Crippen molar-refractivity contribution in [3.63, 3.8) is 0 Å². The number of carbonyl (C=O) groups is 1. The van der Waals surface area contributed by atoms with Gasteiger partial charge in [0.2, 0.25) is 0 Å². The van der Waals surface area contributed by atoms with E-state index in [0.717, 1.165) is 22.6 Å². The van der Waals surface area contributed by atoms with Gasteiger partial charge in [-0.3, -0.25) is 19.7 Å². The summed E-state index contributed by atoms with van der Waals surface area (Å²) in [4.78, 5) is 25.9. The van der Waals surface area contributed by atoms with Crippen LogP contribution in [0.4, 0.5) is 4.39 Å². The van der Waals surface area contributed by atoms with Gasteiger partial charge in [-0.05, 0) is 49.1 Å². The first-order chi connectivity index (χ1) is 15.0. The molecule has 2 heterocycles. The molecule has 0 fully saturated rings. The Morgan fingerprint density at radius 3 is 2.61 bits per heavy atom. The first-order valence-electron chi connectivity index (χ1n) is 10.4. The molecule has 0 saturated heterocycles. The van der Waals surface area contributed by atoms with E-state index < -0.39 is 0 Å². The number of hydrogen-bond acceptors (Lipinski definition) is 5. The Morgan fingerprint density at radius 1 is 1.13 bits per heavy atom. The number of nitrogens with one attached hydrogen (secondary N) is 1. The number of aromatic nitrogens is 3. The maximum absolute atomic E-state index is 13.3. The van der Waals surface area contributed by atoms with Crippen LogP contribution in [0.1, 0.15) is 52.8 Å². The molecule has 0 aliphatic heterocycles. The summed E-state index contributed by atoms with van der Waals surface area (Å²) in [6.07, 6.45) is 6.05. The number of carbonyl (C=O) groups excluding carboxylic acids is 1. The highest BCUT2D eigenvalue weighted by Gasteiger charge is 2.14. The zero-order valence-electron chi connectivity index (χ0n) is 17.8. The Morgan fingerprint density at radius 2 is 1.90 bits per heavy atom. The molecule has 0 bridgehead atoms. The Hall–Kier alpha value is -3.19. The highest BCUT2D eigenvalue weighted by atomic mass is 19.1. The van der Waals surface area contributed by atoms with Gasteiger partial charge < -0.3 is 10.1 Å². The van der Waals surface area contributed by atoms with Crippen molar-refractivity contribution < 1.29 is 13.9 Å². The zero-order valence-corrected chi connectivity index (χ0v) is 17.8. The maximum atomic E-state index is 13.3. The number of halogens is 1. The molecule has 0 spiro atoms. The number of ether oxygens (including phenoxy) is 1. The van der Waals surface area contributed by atoms with E-state index in [1.165, 1.54) is 12.1 Å². The minimum Gasteiger partial charge on any atom is -0.380 e. The largest absolute Gasteiger partial charge is 0.380 e. The predicted octanol–water partition coefficient (Wildman–Crippen LogP) is 3.71. The first-order valence-corrected chi connectivity index (χ1v) is 10.4. The normalized spacial score (nSPS) is 11.8. The van der Waals surface area contributed by atoms with Crippen LogP contribution in [0.5, 0.6) is 0 Å². The van der Waals surface area contributed by atoms with Gasteiger partial charge in [0.25, 0.3) is 5.91 Å².